The van der Waals surface area contributed by atoms with Gasteiger partial charge < -0.3 is 9.47 Å². The number of hydrogen-bond donors (Lipinski definition) is 0. The van der Waals surface area contributed by atoms with E-state index in [-0.39, 0.29) is 24.5 Å². The van der Waals surface area contributed by atoms with E-state index in [1.165, 1.54) is 12.8 Å². The van der Waals surface area contributed by atoms with Gasteiger partial charge >= 0.3 is 11.9 Å². The normalized spacial score (nSPS) is 15.0. The van der Waals surface area contributed by atoms with Gasteiger partial charge in [-0.3, -0.25) is 9.59 Å². The van der Waals surface area contributed by atoms with Gasteiger partial charge in [0.1, 0.15) is 12.4 Å². The number of rotatable bonds is 6. The van der Waals surface area contributed by atoms with Crippen molar-refractivity contribution in [1.82, 2.24) is 0 Å². The topological polar surface area (TPSA) is 52.6 Å². The standard InChI is InChI=1S/C18H24O4/c1-13(2)18(20)21-12-15-7-9-16(10-8-15)22-17(19)11-14-5-3-4-6-14/h7-10,13-14H,3-6,11-12H2,1-2H3. The molecule has 0 aromatic heterocycles. The Kier molecular flexibility index (Phi) is 5.99. The molecule has 1 aliphatic carbocycles. The molecule has 0 unspecified atom stereocenters. The molecule has 120 valence electrons. The molecule has 0 aliphatic heterocycles. The van der Waals surface area contributed by atoms with Crippen LogP contribution in [0.15, 0.2) is 24.3 Å². The first kappa shape index (κ1) is 16.5. The fraction of sp³-hybridized carbons (Fsp3) is 0.556. The van der Waals surface area contributed by atoms with Crippen LogP contribution in [0.4, 0.5) is 0 Å². The van der Waals surface area contributed by atoms with Crippen molar-refractivity contribution in [3.63, 3.8) is 0 Å². The number of hydrogen-bond acceptors (Lipinski definition) is 4. The fourth-order valence-electron chi connectivity index (χ4n) is 2.60. The molecule has 0 atom stereocenters. The molecule has 1 aliphatic rings. The van der Waals surface area contributed by atoms with Gasteiger partial charge in [-0.1, -0.05) is 38.8 Å². The molecule has 0 spiro atoms. The van der Waals surface area contributed by atoms with Gasteiger partial charge in [-0.15, -0.1) is 0 Å². The van der Waals surface area contributed by atoms with E-state index in [2.05, 4.69) is 0 Å². The van der Waals surface area contributed by atoms with Crippen LogP contribution in [0.3, 0.4) is 0 Å². The maximum atomic E-state index is 11.9. The maximum absolute atomic E-state index is 11.9. The summed E-state index contributed by atoms with van der Waals surface area (Å²) in [6, 6.07) is 7.10. The summed E-state index contributed by atoms with van der Waals surface area (Å²) in [6.45, 7) is 3.85. The molecule has 0 saturated heterocycles. The Balaban J connectivity index is 1.78. The van der Waals surface area contributed by atoms with Gasteiger partial charge in [0.15, 0.2) is 0 Å². The molecule has 1 aromatic rings. The molecular weight excluding hydrogens is 280 g/mol. The van der Waals surface area contributed by atoms with Crippen LogP contribution in [-0.2, 0) is 20.9 Å². The summed E-state index contributed by atoms with van der Waals surface area (Å²) in [5.41, 5.74) is 0.879. The van der Waals surface area contributed by atoms with Gasteiger partial charge in [-0.05, 0) is 36.5 Å². The third-order valence-corrected chi connectivity index (χ3v) is 3.94. The van der Waals surface area contributed by atoms with Crippen LogP contribution in [0.1, 0.15) is 51.5 Å². The quantitative estimate of drug-likeness (QED) is 0.591. The van der Waals surface area contributed by atoms with E-state index in [1.54, 1.807) is 26.0 Å². The first-order valence-corrected chi connectivity index (χ1v) is 8.01. The minimum Gasteiger partial charge on any atom is -0.461 e. The molecule has 4 nitrogen and oxygen atoms in total. The van der Waals surface area contributed by atoms with Crippen LogP contribution in [-0.4, -0.2) is 11.9 Å². The molecule has 0 bridgehead atoms. The third-order valence-electron chi connectivity index (χ3n) is 3.94. The molecule has 4 heteroatoms. The number of carbonyl (C=O) groups excluding carboxylic acids is 2. The second-order valence-electron chi connectivity index (χ2n) is 6.24. The van der Waals surface area contributed by atoms with Gasteiger partial charge in [-0.2, -0.15) is 0 Å². The lowest BCUT2D eigenvalue weighted by atomic mass is 10.0. The van der Waals surface area contributed by atoms with Crippen LogP contribution < -0.4 is 4.74 Å². The van der Waals surface area contributed by atoms with Crippen molar-refractivity contribution in [2.75, 3.05) is 0 Å². The zero-order valence-electron chi connectivity index (χ0n) is 13.3. The van der Waals surface area contributed by atoms with Crippen molar-refractivity contribution in [2.45, 2.75) is 52.6 Å². The van der Waals surface area contributed by atoms with E-state index in [4.69, 9.17) is 9.47 Å². The average Bonchev–Trinajstić information content (AvgIpc) is 2.98. The molecule has 0 heterocycles. The highest BCUT2D eigenvalue weighted by atomic mass is 16.5. The summed E-state index contributed by atoms with van der Waals surface area (Å²) in [4.78, 5) is 23.3. The number of ether oxygens (including phenoxy) is 2. The first-order valence-electron chi connectivity index (χ1n) is 8.01. The van der Waals surface area contributed by atoms with Crippen molar-refractivity contribution in [3.8, 4) is 5.75 Å². The summed E-state index contributed by atoms with van der Waals surface area (Å²) in [6.07, 6.45) is 5.22. The predicted octanol–water partition coefficient (Wildman–Crippen LogP) is 3.87. The van der Waals surface area contributed by atoms with E-state index in [0.29, 0.717) is 18.1 Å². The Hall–Kier alpha value is -1.84. The summed E-state index contributed by atoms with van der Waals surface area (Å²) >= 11 is 0. The highest BCUT2D eigenvalue weighted by molar-refractivity contribution is 5.72. The molecule has 1 fully saturated rings. The fourth-order valence-corrected chi connectivity index (χ4v) is 2.60. The molecular formula is C18H24O4. The van der Waals surface area contributed by atoms with Crippen LogP contribution in [0.5, 0.6) is 5.75 Å². The summed E-state index contributed by atoms with van der Waals surface area (Å²) in [5, 5.41) is 0. The van der Waals surface area contributed by atoms with Crippen LogP contribution in [0, 0.1) is 11.8 Å². The van der Waals surface area contributed by atoms with Crippen molar-refractivity contribution < 1.29 is 19.1 Å². The lowest BCUT2D eigenvalue weighted by molar-refractivity contribution is -0.148. The highest BCUT2D eigenvalue weighted by Crippen LogP contribution is 2.28. The van der Waals surface area contributed by atoms with Crippen LogP contribution in [0.2, 0.25) is 0 Å². The monoisotopic (exact) mass is 304 g/mol. The van der Waals surface area contributed by atoms with Crippen molar-refractivity contribution in [1.29, 1.82) is 0 Å². The molecule has 2 rings (SSSR count). The molecule has 1 saturated carbocycles. The Morgan fingerprint density at radius 3 is 2.36 bits per heavy atom. The third kappa shape index (κ3) is 5.17. The Labute approximate surface area is 131 Å². The van der Waals surface area contributed by atoms with Gasteiger partial charge in [0, 0.05) is 6.42 Å². The lowest BCUT2D eigenvalue weighted by Gasteiger charge is -2.10. The predicted molar refractivity (Wildman–Crippen MR) is 83.3 cm³/mol. The van der Waals surface area contributed by atoms with Gasteiger partial charge in [0.25, 0.3) is 0 Å². The van der Waals surface area contributed by atoms with Crippen LogP contribution in [0.25, 0.3) is 0 Å². The zero-order valence-corrected chi connectivity index (χ0v) is 13.3. The number of benzene rings is 1. The Bertz CT molecular complexity index is 498. The molecule has 0 radical (unpaired) electrons. The molecule has 0 amide bonds. The summed E-state index contributed by atoms with van der Waals surface area (Å²) < 4.78 is 10.5. The van der Waals surface area contributed by atoms with Crippen LogP contribution >= 0.6 is 0 Å². The van der Waals surface area contributed by atoms with Gasteiger partial charge in [0.05, 0.1) is 5.92 Å². The Morgan fingerprint density at radius 2 is 1.77 bits per heavy atom. The minimum atomic E-state index is -0.216. The van der Waals surface area contributed by atoms with Gasteiger partial charge in [0.2, 0.25) is 0 Å². The van der Waals surface area contributed by atoms with E-state index in [9.17, 15) is 9.59 Å². The zero-order chi connectivity index (χ0) is 15.9. The maximum Gasteiger partial charge on any atom is 0.311 e. The van der Waals surface area contributed by atoms with Gasteiger partial charge in [-0.25, -0.2) is 0 Å². The smallest absolute Gasteiger partial charge is 0.311 e. The average molecular weight is 304 g/mol. The minimum absolute atomic E-state index is 0.129. The molecule has 22 heavy (non-hydrogen) atoms. The summed E-state index contributed by atoms with van der Waals surface area (Å²) in [5.74, 6) is 0.526. The van der Waals surface area contributed by atoms with E-state index in [0.717, 1.165) is 18.4 Å². The van der Waals surface area contributed by atoms with E-state index < -0.39 is 0 Å². The number of carbonyl (C=O) groups is 2. The Morgan fingerprint density at radius 1 is 1.14 bits per heavy atom. The van der Waals surface area contributed by atoms with E-state index >= 15 is 0 Å². The SMILES string of the molecule is CC(C)C(=O)OCc1ccc(OC(=O)CC2CCCC2)cc1. The van der Waals surface area contributed by atoms with E-state index in [1.807, 2.05) is 12.1 Å². The van der Waals surface area contributed by atoms with Crippen molar-refractivity contribution >= 4 is 11.9 Å². The lowest BCUT2D eigenvalue weighted by Crippen LogP contribution is -2.12. The second-order valence-corrected chi connectivity index (χ2v) is 6.24. The second kappa shape index (κ2) is 7.97. The molecule has 0 N–H and O–H groups in total. The largest absolute Gasteiger partial charge is 0.461 e. The number of esters is 2. The highest BCUT2D eigenvalue weighted by Gasteiger charge is 2.19. The molecule has 1 aromatic carbocycles. The summed E-state index contributed by atoms with van der Waals surface area (Å²) in [7, 11) is 0. The van der Waals surface area contributed by atoms with Crippen molar-refractivity contribution in [3.05, 3.63) is 29.8 Å². The first-order chi connectivity index (χ1) is 10.5. The van der Waals surface area contributed by atoms with Crippen molar-refractivity contribution in [2.24, 2.45) is 11.8 Å².